The summed E-state index contributed by atoms with van der Waals surface area (Å²) in [7, 11) is 0. The molecular formula is C11H14BrClN4. The van der Waals surface area contributed by atoms with Crippen LogP contribution in [-0.2, 0) is 19.0 Å². The maximum Gasteiger partial charge on any atom is 0.0953 e. The zero-order chi connectivity index (χ0) is 12.4. The molecule has 17 heavy (non-hydrogen) atoms. The zero-order valence-corrected chi connectivity index (χ0v) is 12.2. The SMILES string of the molecule is CCn1nc(C)c(Br)c1Cn1cnc(CCl)c1. The summed E-state index contributed by atoms with van der Waals surface area (Å²) >= 11 is 9.31. The van der Waals surface area contributed by atoms with Crippen LogP contribution in [0.15, 0.2) is 17.0 Å². The minimum atomic E-state index is 0.445. The fourth-order valence-corrected chi connectivity index (χ4v) is 2.30. The summed E-state index contributed by atoms with van der Waals surface area (Å²) in [6, 6.07) is 0. The van der Waals surface area contributed by atoms with E-state index in [1.54, 1.807) is 6.33 Å². The Hall–Kier alpha value is -0.810. The maximum atomic E-state index is 5.73. The first-order valence-corrected chi connectivity index (χ1v) is 6.76. The number of aromatic nitrogens is 4. The highest BCUT2D eigenvalue weighted by molar-refractivity contribution is 9.10. The quantitative estimate of drug-likeness (QED) is 0.813. The van der Waals surface area contributed by atoms with Gasteiger partial charge in [0.25, 0.3) is 0 Å². The van der Waals surface area contributed by atoms with Gasteiger partial charge in [-0.15, -0.1) is 11.6 Å². The third-order valence-electron chi connectivity index (χ3n) is 2.61. The Morgan fingerprint density at radius 1 is 1.47 bits per heavy atom. The molecule has 0 aliphatic heterocycles. The molecular weight excluding hydrogens is 304 g/mol. The van der Waals surface area contributed by atoms with Gasteiger partial charge in [-0.3, -0.25) is 4.68 Å². The molecule has 0 amide bonds. The maximum absolute atomic E-state index is 5.73. The van der Waals surface area contributed by atoms with E-state index < -0.39 is 0 Å². The van der Waals surface area contributed by atoms with Crippen molar-refractivity contribution in [3.8, 4) is 0 Å². The van der Waals surface area contributed by atoms with E-state index in [1.807, 2.05) is 22.4 Å². The summed E-state index contributed by atoms with van der Waals surface area (Å²) in [6.45, 7) is 5.69. The molecule has 2 heterocycles. The Bertz CT molecular complexity index is 518. The monoisotopic (exact) mass is 316 g/mol. The van der Waals surface area contributed by atoms with Crippen LogP contribution in [0, 0.1) is 6.92 Å². The van der Waals surface area contributed by atoms with Crippen LogP contribution in [0.3, 0.4) is 0 Å². The normalized spacial score (nSPS) is 11.1. The third kappa shape index (κ3) is 2.55. The van der Waals surface area contributed by atoms with Crippen molar-refractivity contribution in [2.75, 3.05) is 0 Å². The lowest BCUT2D eigenvalue weighted by molar-refractivity contribution is 0.596. The number of aryl methyl sites for hydroxylation is 2. The molecule has 2 aromatic rings. The molecule has 0 saturated carbocycles. The van der Waals surface area contributed by atoms with Crippen LogP contribution >= 0.6 is 27.5 Å². The van der Waals surface area contributed by atoms with E-state index in [4.69, 9.17) is 11.6 Å². The Morgan fingerprint density at radius 3 is 2.82 bits per heavy atom. The number of rotatable bonds is 4. The fraction of sp³-hybridized carbons (Fsp3) is 0.455. The van der Waals surface area contributed by atoms with Crippen molar-refractivity contribution >= 4 is 27.5 Å². The summed E-state index contributed by atoms with van der Waals surface area (Å²) in [5, 5.41) is 4.46. The first-order chi connectivity index (χ1) is 8.15. The average Bonchev–Trinajstić information content (AvgIpc) is 2.89. The highest BCUT2D eigenvalue weighted by atomic mass is 79.9. The number of hydrogen-bond donors (Lipinski definition) is 0. The smallest absolute Gasteiger partial charge is 0.0953 e. The van der Waals surface area contributed by atoms with E-state index in [9.17, 15) is 0 Å². The third-order valence-corrected chi connectivity index (χ3v) is 3.91. The number of imidazole rings is 1. The van der Waals surface area contributed by atoms with Crippen molar-refractivity contribution in [3.05, 3.63) is 34.1 Å². The molecule has 0 aliphatic rings. The summed E-state index contributed by atoms with van der Waals surface area (Å²) in [6.07, 6.45) is 3.76. The van der Waals surface area contributed by atoms with E-state index in [2.05, 4.69) is 32.9 Å². The molecule has 0 atom stereocenters. The van der Waals surface area contributed by atoms with Crippen LogP contribution < -0.4 is 0 Å². The molecule has 6 heteroatoms. The summed E-state index contributed by atoms with van der Waals surface area (Å²) < 4.78 is 5.09. The van der Waals surface area contributed by atoms with Gasteiger partial charge in [0.2, 0.25) is 0 Å². The summed E-state index contributed by atoms with van der Waals surface area (Å²) in [5.41, 5.74) is 3.06. The van der Waals surface area contributed by atoms with Gasteiger partial charge < -0.3 is 4.57 Å². The van der Waals surface area contributed by atoms with Crippen molar-refractivity contribution in [2.45, 2.75) is 32.8 Å². The molecule has 4 nitrogen and oxygen atoms in total. The van der Waals surface area contributed by atoms with Crippen LogP contribution in [0.5, 0.6) is 0 Å². The second-order valence-corrected chi connectivity index (χ2v) is 4.89. The van der Waals surface area contributed by atoms with Crippen LogP contribution in [-0.4, -0.2) is 19.3 Å². The van der Waals surface area contributed by atoms with E-state index in [0.717, 1.165) is 34.6 Å². The minimum Gasteiger partial charge on any atom is -0.331 e. The van der Waals surface area contributed by atoms with E-state index >= 15 is 0 Å². The Balaban J connectivity index is 2.28. The van der Waals surface area contributed by atoms with Gasteiger partial charge in [-0.1, -0.05) is 0 Å². The number of halogens is 2. The summed E-state index contributed by atoms with van der Waals surface area (Å²) in [4.78, 5) is 4.21. The lowest BCUT2D eigenvalue weighted by Gasteiger charge is -2.06. The minimum absolute atomic E-state index is 0.445. The Kier molecular flexibility index (Phi) is 3.89. The van der Waals surface area contributed by atoms with Crippen molar-refractivity contribution in [1.82, 2.24) is 19.3 Å². The first-order valence-electron chi connectivity index (χ1n) is 5.44. The molecule has 2 rings (SSSR count). The molecule has 0 unspecified atom stereocenters. The van der Waals surface area contributed by atoms with Gasteiger partial charge in [0, 0.05) is 12.7 Å². The molecule has 0 aromatic carbocycles. The molecule has 92 valence electrons. The highest BCUT2D eigenvalue weighted by Gasteiger charge is 2.12. The lowest BCUT2D eigenvalue weighted by Crippen LogP contribution is -2.07. The predicted octanol–water partition coefficient (Wildman–Crippen LogP) is 2.96. The van der Waals surface area contributed by atoms with Crippen molar-refractivity contribution in [3.63, 3.8) is 0 Å². The number of hydrogen-bond acceptors (Lipinski definition) is 2. The van der Waals surface area contributed by atoms with Gasteiger partial charge in [-0.05, 0) is 29.8 Å². The van der Waals surface area contributed by atoms with Crippen LogP contribution in [0.25, 0.3) is 0 Å². The van der Waals surface area contributed by atoms with E-state index in [0.29, 0.717) is 5.88 Å². The molecule has 0 N–H and O–H groups in total. The second kappa shape index (κ2) is 5.23. The van der Waals surface area contributed by atoms with Gasteiger partial charge in [0.15, 0.2) is 0 Å². The molecule has 0 fully saturated rings. The predicted molar refractivity (Wildman–Crippen MR) is 71.2 cm³/mol. The molecule has 2 aromatic heterocycles. The fourth-order valence-electron chi connectivity index (χ4n) is 1.75. The molecule has 0 aliphatic carbocycles. The topological polar surface area (TPSA) is 35.6 Å². The first kappa shape index (κ1) is 12.6. The zero-order valence-electron chi connectivity index (χ0n) is 9.82. The molecule has 0 spiro atoms. The molecule has 0 saturated heterocycles. The Morgan fingerprint density at radius 2 is 2.24 bits per heavy atom. The number of nitrogens with zero attached hydrogens (tertiary/aromatic N) is 4. The summed E-state index contributed by atoms with van der Waals surface area (Å²) in [5.74, 6) is 0.445. The standard InChI is InChI=1S/C11H14BrClN4/c1-3-17-10(11(12)8(2)15-17)6-16-5-9(4-13)14-7-16/h5,7H,3-4,6H2,1-2H3. The van der Waals surface area contributed by atoms with Crippen LogP contribution in [0.1, 0.15) is 24.0 Å². The molecule has 0 radical (unpaired) electrons. The van der Waals surface area contributed by atoms with Gasteiger partial charge in [0.1, 0.15) is 0 Å². The largest absolute Gasteiger partial charge is 0.331 e. The van der Waals surface area contributed by atoms with Gasteiger partial charge in [-0.25, -0.2) is 4.98 Å². The lowest BCUT2D eigenvalue weighted by atomic mass is 10.3. The van der Waals surface area contributed by atoms with E-state index in [-0.39, 0.29) is 0 Å². The van der Waals surface area contributed by atoms with Crippen LogP contribution in [0.2, 0.25) is 0 Å². The molecule has 0 bridgehead atoms. The van der Waals surface area contributed by atoms with Crippen LogP contribution in [0.4, 0.5) is 0 Å². The Labute approximate surface area is 114 Å². The van der Waals surface area contributed by atoms with Gasteiger partial charge in [0.05, 0.1) is 40.3 Å². The van der Waals surface area contributed by atoms with E-state index in [1.165, 1.54) is 0 Å². The van der Waals surface area contributed by atoms with Crippen molar-refractivity contribution < 1.29 is 0 Å². The number of alkyl halides is 1. The van der Waals surface area contributed by atoms with Gasteiger partial charge in [-0.2, -0.15) is 5.10 Å². The second-order valence-electron chi connectivity index (χ2n) is 3.83. The van der Waals surface area contributed by atoms with Crippen molar-refractivity contribution in [2.24, 2.45) is 0 Å². The van der Waals surface area contributed by atoms with Gasteiger partial charge >= 0.3 is 0 Å². The average molecular weight is 318 g/mol. The highest BCUT2D eigenvalue weighted by Crippen LogP contribution is 2.22. The van der Waals surface area contributed by atoms with Crippen molar-refractivity contribution in [1.29, 1.82) is 0 Å².